The molecule has 0 aliphatic carbocycles. The predicted molar refractivity (Wildman–Crippen MR) is 79.9 cm³/mol. The number of benzene rings is 2. The maximum atomic E-state index is 2.33. The SMILES string of the molecule is CCCC(C)c1ccc(-c2ccccc2)cc1C. The molecule has 0 nitrogen and oxygen atoms in total. The molecule has 0 radical (unpaired) electrons. The average molecular weight is 238 g/mol. The van der Waals surface area contributed by atoms with Crippen LogP contribution in [0.15, 0.2) is 48.5 Å². The average Bonchev–Trinajstić information content (AvgIpc) is 2.40. The van der Waals surface area contributed by atoms with Crippen LogP contribution in [0.3, 0.4) is 0 Å². The van der Waals surface area contributed by atoms with Crippen molar-refractivity contribution in [3.8, 4) is 11.1 Å². The molecule has 2 rings (SSSR count). The highest BCUT2D eigenvalue weighted by molar-refractivity contribution is 5.64. The summed E-state index contributed by atoms with van der Waals surface area (Å²) in [4.78, 5) is 0. The largest absolute Gasteiger partial charge is 0.0654 e. The molecular formula is C18H22. The molecule has 0 saturated carbocycles. The zero-order valence-electron chi connectivity index (χ0n) is 11.6. The summed E-state index contributed by atoms with van der Waals surface area (Å²) in [6.07, 6.45) is 2.52. The van der Waals surface area contributed by atoms with E-state index in [1.54, 1.807) is 0 Å². The lowest BCUT2D eigenvalue weighted by Gasteiger charge is -2.15. The normalized spacial score (nSPS) is 12.4. The molecule has 0 spiro atoms. The maximum absolute atomic E-state index is 2.33. The number of hydrogen-bond donors (Lipinski definition) is 0. The fourth-order valence-corrected chi connectivity index (χ4v) is 2.63. The molecule has 0 aliphatic heterocycles. The van der Waals surface area contributed by atoms with Gasteiger partial charge in [-0.1, -0.05) is 68.8 Å². The smallest absolute Gasteiger partial charge is 0.0181 e. The molecule has 0 heterocycles. The van der Waals surface area contributed by atoms with Gasteiger partial charge in [-0.3, -0.25) is 0 Å². The Morgan fingerprint density at radius 1 is 0.944 bits per heavy atom. The van der Waals surface area contributed by atoms with Crippen LogP contribution in [0.2, 0.25) is 0 Å². The van der Waals surface area contributed by atoms with Crippen LogP contribution in [0.25, 0.3) is 11.1 Å². The van der Waals surface area contributed by atoms with E-state index in [9.17, 15) is 0 Å². The zero-order valence-corrected chi connectivity index (χ0v) is 11.6. The summed E-state index contributed by atoms with van der Waals surface area (Å²) in [6, 6.07) is 17.5. The maximum Gasteiger partial charge on any atom is -0.0181 e. The summed E-state index contributed by atoms with van der Waals surface area (Å²) < 4.78 is 0. The van der Waals surface area contributed by atoms with Crippen LogP contribution in [-0.2, 0) is 0 Å². The van der Waals surface area contributed by atoms with Crippen molar-refractivity contribution in [1.82, 2.24) is 0 Å². The standard InChI is InChI=1S/C18H22/c1-4-8-14(2)18-12-11-17(13-15(18)3)16-9-6-5-7-10-16/h5-7,9-14H,4,8H2,1-3H3. The Morgan fingerprint density at radius 3 is 2.28 bits per heavy atom. The van der Waals surface area contributed by atoms with E-state index in [1.165, 1.54) is 35.1 Å². The van der Waals surface area contributed by atoms with Gasteiger partial charge in [-0.05, 0) is 41.5 Å². The zero-order chi connectivity index (χ0) is 13.0. The lowest BCUT2D eigenvalue weighted by Crippen LogP contribution is -1.96. The van der Waals surface area contributed by atoms with Gasteiger partial charge < -0.3 is 0 Å². The summed E-state index contributed by atoms with van der Waals surface area (Å²) in [5.41, 5.74) is 5.53. The summed E-state index contributed by atoms with van der Waals surface area (Å²) in [7, 11) is 0. The monoisotopic (exact) mass is 238 g/mol. The predicted octanol–water partition coefficient (Wildman–Crippen LogP) is 5.57. The number of aryl methyl sites for hydroxylation is 1. The molecule has 0 saturated heterocycles. The highest BCUT2D eigenvalue weighted by Crippen LogP contribution is 2.28. The van der Waals surface area contributed by atoms with Crippen molar-refractivity contribution in [2.45, 2.75) is 39.5 Å². The third-order valence-electron chi connectivity index (χ3n) is 3.63. The first-order chi connectivity index (χ1) is 8.72. The van der Waals surface area contributed by atoms with Gasteiger partial charge in [0, 0.05) is 0 Å². The summed E-state index contributed by atoms with van der Waals surface area (Å²) in [5.74, 6) is 0.667. The Kier molecular flexibility index (Phi) is 4.19. The van der Waals surface area contributed by atoms with E-state index in [2.05, 4.69) is 69.3 Å². The first-order valence-corrected chi connectivity index (χ1v) is 6.88. The Balaban J connectivity index is 2.31. The van der Waals surface area contributed by atoms with Gasteiger partial charge in [-0.15, -0.1) is 0 Å². The Bertz CT molecular complexity index is 497. The van der Waals surface area contributed by atoms with Crippen LogP contribution >= 0.6 is 0 Å². The van der Waals surface area contributed by atoms with Gasteiger partial charge in [0.05, 0.1) is 0 Å². The molecule has 0 aliphatic rings. The van der Waals surface area contributed by atoms with Crippen LogP contribution in [0.4, 0.5) is 0 Å². The topological polar surface area (TPSA) is 0 Å². The number of rotatable bonds is 4. The second-order valence-electron chi connectivity index (χ2n) is 5.13. The number of hydrogen-bond acceptors (Lipinski definition) is 0. The van der Waals surface area contributed by atoms with Crippen molar-refractivity contribution in [2.75, 3.05) is 0 Å². The van der Waals surface area contributed by atoms with Crippen molar-refractivity contribution in [1.29, 1.82) is 0 Å². The summed E-state index contributed by atoms with van der Waals surface area (Å²) >= 11 is 0. The molecule has 0 aromatic heterocycles. The van der Waals surface area contributed by atoms with Crippen LogP contribution < -0.4 is 0 Å². The molecule has 2 aromatic rings. The van der Waals surface area contributed by atoms with Crippen molar-refractivity contribution in [2.24, 2.45) is 0 Å². The van der Waals surface area contributed by atoms with Crippen LogP contribution in [0, 0.1) is 6.92 Å². The van der Waals surface area contributed by atoms with Gasteiger partial charge in [0.15, 0.2) is 0 Å². The van der Waals surface area contributed by atoms with Crippen LogP contribution in [-0.4, -0.2) is 0 Å². The van der Waals surface area contributed by atoms with E-state index in [0.717, 1.165) is 0 Å². The molecule has 1 atom stereocenters. The van der Waals surface area contributed by atoms with E-state index in [-0.39, 0.29) is 0 Å². The van der Waals surface area contributed by atoms with Gasteiger partial charge in [0.1, 0.15) is 0 Å². The minimum absolute atomic E-state index is 0.667. The molecule has 94 valence electrons. The fraction of sp³-hybridized carbons (Fsp3) is 0.333. The quantitative estimate of drug-likeness (QED) is 0.653. The fourth-order valence-electron chi connectivity index (χ4n) is 2.63. The molecule has 0 amide bonds. The minimum atomic E-state index is 0.667. The highest BCUT2D eigenvalue weighted by atomic mass is 14.1. The van der Waals surface area contributed by atoms with Crippen molar-refractivity contribution in [3.05, 3.63) is 59.7 Å². The van der Waals surface area contributed by atoms with Crippen LogP contribution in [0.1, 0.15) is 43.7 Å². The second kappa shape index (κ2) is 5.86. The molecular weight excluding hydrogens is 216 g/mol. The third-order valence-corrected chi connectivity index (χ3v) is 3.63. The first kappa shape index (κ1) is 12.9. The van der Waals surface area contributed by atoms with E-state index in [1.807, 2.05) is 0 Å². The molecule has 0 fully saturated rings. The summed E-state index contributed by atoms with van der Waals surface area (Å²) in [6.45, 7) is 6.81. The van der Waals surface area contributed by atoms with Gasteiger partial charge in [0.25, 0.3) is 0 Å². The molecule has 2 aromatic carbocycles. The third kappa shape index (κ3) is 2.81. The molecule has 18 heavy (non-hydrogen) atoms. The second-order valence-corrected chi connectivity index (χ2v) is 5.13. The Labute approximate surface area is 111 Å². The lowest BCUT2D eigenvalue weighted by atomic mass is 9.90. The molecule has 1 unspecified atom stereocenters. The first-order valence-electron chi connectivity index (χ1n) is 6.88. The van der Waals surface area contributed by atoms with Crippen LogP contribution in [0.5, 0.6) is 0 Å². The highest BCUT2D eigenvalue weighted by Gasteiger charge is 2.08. The molecule has 0 heteroatoms. The van der Waals surface area contributed by atoms with Gasteiger partial charge in [-0.25, -0.2) is 0 Å². The van der Waals surface area contributed by atoms with E-state index >= 15 is 0 Å². The van der Waals surface area contributed by atoms with Gasteiger partial charge in [-0.2, -0.15) is 0 Å². The lowest BCUT2D eigenvalue weighted by molar-refractivity contribution is 0.661. The molecule has 0 N–H and O–H groups in total. The molecule has 0 bridgehead atoms. The van der Waals surface area contributed by atoms with Gasteiger partial charge in [0.2, 0.25) is 0 Å². The van der Waals surface area contributed by atoms with Crippen molar-refractivity contribution in [3.63, 3.8) is 0 Å². The van der Waals surface area contributed by atoms with Gasteiger partial charge >= 0.3 is 0 Å². The van der Waals surface area contributed by atoms with Crippen molar-refractivity contribution >= 4 is 0 Å². The Hall–Kier alpha value is -1.56. The van der Waals surface area contributed by atoms with E-state index in [0.29, 0.717) is 5.92 Å². The van der Waals surface area contributed by atoms with E-state index in [4.69, 9.17) is 0 Å². The Morgan fingerprint density at radius 2 is 1.67 bits per heavy atom. The van der Waals surface area contributed by atoms with Crippen molar-refractivity contribution < 1.29 is 0 Å². The van der Waals surface area contributed by atoms with E-state index < -0.39 is 0 Å². The minimum Gasteiger partial charge on any atom is -0.0654 e. The summed E-state index contributed by atoms with van der Waals surface area (Å²) in [5, 5.41) is 0.